The molecule has 0 aliphatic heterocycles. The largest absolute Gasteiger partial charge is 0.497 e. The van der Waals surface area contributed by atoms with Crippen molar-refractivity contribution in [2.24, 2.45) is 0 Å². The van der Waals surface area contributed by atoms with Gasteiger partial charge in [0.1, 0.15) is 5.75 Å². The minimum Gasteiger partial charge on any atom is -0.497 e. The Labute approximate surface area is 129 Å². The van der Waals surface area contributed by atoms with Crippen LogP contribution in [0.1, 0.15) is 15.9 Å². The second-order valence-corrected chi connectivity index (χ2v) is 5.91. The molecule has 21 heavy (non-hydrogen) atoms. The zero-order valence-corrected chi connectivity index (χ0v) is 13.3. The van der Waals surface area contributed by atoms with Crippen LogP contribution in [0.2, 0.25) is 0 Å². The first-order valence-electron chi connectivity index (χ1n) is 6.67. The van der Waals surface area contributed by atoms with Gasteiger partial charge in [-0.05, 0) is 35.9 Å². The van der Waals surface area contributed by atoms with E-state index in [0.717, 1.165) is 17.1 Å². The van der Waals surface area contributed by atoms with Crippen molar-refractivity contribution in [3.63, 3.8) is 0 Å². The highest BCUT2D eigenvalue weighted by atomic mass is 32.2. The molecule has 3 nitrogen and oxygen atoms in total. The van der Waals surface area contributed by atoms with Crippen molar-refractivity contribution in [3.8, 4) is 5.75 Å². The first-order valence-corrected chi connectivity index (χ1v) is 7.66. The van der Waals surface area contributed by atoms with E-state index in [1.165, 1.54) is 10.5 Å². The maximum Gasteiger partial charge on any atom is 0.253 e. The zero-order chi connectivity index (χ0) is 15.2. The molecule has 0 unspecified atom stereocenters. The summed E-state index contributed by atoms with van der Waals surface area (Å²) >= 11 is 1.75. The molecule has 4 heteroatoms. The fourth-order valence-corrected chi connectivity index (χ4v) is 2.76. The normalized spacial score (nSPS) is 10.2. The number of benzene rings is 2. The van der Waals surface area contributed by atoms with Crippen LogP contribution in [0.3, 0.4) is 0 Å². The van der Waals surface area contributed by atoms with Crippen molar-refractivity contribution in [1.29, 1.82) is 0 Å². The lowest BCUT2D eigenvalue weighted by atomic mass is 10.1. The Bertz CT molecular complexity index is 608. The molecule has 110 valence electrons. The number of carbonyl (C=O) groups excluding carboxylic acids is 1. The van der Waals surface area contributed by atoms with Crippen LogP contribution in [-0.4, -0.2) is 32.0 Å². The van der Waals surface area contributed by atoms with Gasteiger partial charge >= 0.3 is 0 Å². The predicted molar refractivity (Wildman–Crippen MR) is 87.0 cm³/mol. The number of thioether (sulfide) groups is 1. The summed E-state index contributed by atoms with van der Waals surface area (Å²) in [5.74, 6) is 1.76. The first-order chi connectivity index (χ1) is 10.1. The van der Waals surface area contributed by atoms with E-state index in [1.807, 2.05) is 42.5 Å². The summed E-state index contributed by atoms with van der Waals surface area (Å²) in [6.07, 6.45) is 0. The fourth-order valence-electron chi connectivity index (χ4n) is 1.86. The molecule has 0 heterocycles. The Kier molecular flexibility index (Phi) is 5.28. The van der Waals surface area contributed by atoms with Gasteiger partial charge in [-0.2, -0.15) is 0 Å². The Morgan fingerprint density at radius 1 is 1.14 bits per heavy atom. The highest BCUT2D eigenvalue weighted by Crippen LogP contribution is 2.26. The third-order valence-corrected chi connectivity index (χ3v) is 4.12. The second-order valence-electron chi connectivity index (χ2n) is 4.86. The van der Waals surface area contributed by atoms with Crippen LogP contribution in [-0.2, 0) is 5.75 Å². The van der Waals surface area contributed by atoms with E-state index < -0.39 is 0 Å². The van der Waals surface area contributed by atoms with Crippen LogP contribution >= 0.6 is 11.8 Å². The molecule has 0 spiro atoms. The summed E-state index contributed by atoms with van der Waals surface area (Å²) < 4.78 is 5.22. The Morgan fingerprint density at radius 2 is 1.86 bits per heavy atom. The van der Waals surface area contributed by atoms with Crippen molar-refractivity contribution < 1.29 is 9.53 Å². The molecule has 0 aliphatic rings. The lowest BCUT2D eigenvalue weighted by molar-refractivity contribution is 0.0827. The van der Waals surface area contributed by atoms with Crippen LogP contribution in [0, 0.1) is 0 Å². The summed E-state index contributed by atoms with van der Waals surface area (Å²) in [5, 5.41) is 0. The number of carbonyl (C=O) groups is 1. The van der Waals surface area contributed by atoms with Gasteiger partial charge in [-0.15, -0.1) is 11.8 Å². The number of ether oxygens (including phenoxy) is 1. The molecule has 0 aliphatic carbocycles. The van der Waals surface area contributed by atoms with Gasteiger partial charge in [-0.1, -0.05) is 18.2 Å². The van der Waals surface area contributed by atoms with E-state index in [0.29, 0.717) is 0 Å². The molecular formula is C17H19NO2S. The molecule has 0 bridgehead atoms. The summed E-state index contributed by atoms with van der Waals surface area (Å²) in [6, 6.07) is 15.8. The van der Waals surface area contributed by atoms with Gasteiger partial charge in [0.2, 0.25) is 0 Å². The van der Waals surface area contributed by atoms with E-state index in [2.05, 4.69) is 6.07 Å². The fraction of sp³-hybridized carbons (Fsp3) is 0.235. The molecule has 1 amide bonds. The number of amides is 1. The smallest absolute Gasteiger partial charge is 0.253 e. The number of hydrogen-bond acceptors (Lipinski definition) is 3. The summed E-state index contributed by atoms with van der Waals surface area (Å²) in [7, 11) is 5.19. The predicted octanol–water partition coefficient (Wildman–Crippen LogP) is 3.69. The van der Waals surface area contributed by atoms with Crippen molar-refractivity contribution in [3.05, 3.63) is 59.7 Å². The Hall–Kier alpha value is -1.94. The summed E-state index contributed by atoms with van der Waals surface area (Å²) in [6.45, 7) is 0. The van der Waals surface area contributed by atoms with E-state index in [9.17, 15) is 4.79 Å². The second kappa shape index (κ2) is 7.18. The standard InChI is InChI=1S/C17H19NO2S/c1-18(2)17(19)14-9-7-13(8-10-14)12-21-16-6-4-5-15(11-16)20-3/h4-11H,12H2,1-3H3. The van der Waals surface area contributed by atoms with Crippen LogP contribution in [0.5, 0.6) is 5.75 Å². The van der Waals surface area contributed by atoms with Gasteiger partial charge in [0.15, 0.2) is 0 Å². The number of rotatable bonds is 5. The van der Waals surface area contributed by atoms with Gasteiger partial charge in [0.25, 0.3) is 5.91 Å². The van der Waals surface area contributed by atoms with Crippen molar-refractivity contribution in [2.75, 3.05) is 21.2 Å². The van der Waals surface area contributed by atoms with Crippen LogP contribution in [0.15, 0.2) is 53.4 Å². The number of nitrogens with zero attached hydrogens (tertiary/aromatic N) is 1. The molecule has 0 aromatic heterocycles. The molecule has 0 atom stereocenters. The molecule has 2 aromatic rings. The summed E-state index contributed by atoms with van der Waals surface area (Å²) in [4.78, 5) is 14.6. The molecule has 0 saturated heterocycles. The van der Waals surface area contributed by atoms with Crippen LogP contribution < -0.4 is 4.74 Å². The SMILES string of the molecule is COc1cccc(SCc2ccc(C(=O)N(C)C)cc2)c1. The average molecular weight is 301 g/mol. The van der Waals surface area contributed by atoms with E-state index in [4.69, 9.17) is 4.74 Å². The van der Waals surface area contributed by atoms with Gasteiger partial charge < -0.3 is 9.64 Å². The molecular weight excluding hydrogens is 282 g/mol. The topological polar surface area (TPSA) is 29.5 Å². The van der Waals surface area contributed by atoms with Crippen molar-refractivity contribution in [1.82, 2.24) is 4.90 Å². The molecule has 0 N–H and O–H groups in total. The number of methoxy groups -OCH3 is 1. The van der Waals surface area contributed by atoms with Crippen molar-refractivity contribution >= 4 is 17.7 Å². The molecule has 2 rings (SSSR count). The minimum atomic E-state index is 0.0296. The zero-order valence-electron chi connectivity index (χ0n) is 12.5. The van der Waals surface area contributed by atoms with Gasteiger partial charge in [-0.25, -0.2) is 0 Å². The molecule has 0 fully saturated rings. The lowest BCUT2D eigenvalue weighted by Gasteiger charge is -2.10. The van der Waals surface area contributed by atoms with Gasteiger partial charge in [0, 0.05) is 30.3 Å². The average Bonchev–Trinajstić information content (AvgIpc) is 2.53. The first kappa shape index (κ1) is 15.4. The van der Waals surface area contributed by atoms with E-state index >= 15 is 0 Å². The molecule has 2 aromatic carbocycles. The third kappa shape index (κ3) is 4.26. The van der Waals surface area contributed by atoms with Crippen LogP contribution in [0.4, 0.5) is 0 Å². The highest BCUT2D eigenvalue weighted by Gasteiger charge is 2.07. The highest BCUT2D eigenvalue weighted by molar-refractivity contribution is 7.98. The van der Waals surface area contributed by atoms with E-state index in [-0.39, 0.29) is 5.91 Å². The van der Waals surface area contributed by atoms with E-state index in [1.54, 1.807) is 37.9 Å². The van der Waals surface area contributed by atoms with Gasteiger partial charge in [-0.3, -0.25) is 4.79 Å². The third-order valence-electron chi connectivity index (χ3n) is 3.05. The molecule has 0 radical (unpaired) electrons. The molecule has 0 saturated carbocycles. The Morgan fingerprint density at radius 3 is 2.48 bits per heavy atom. The quantitative estimate of drug-likeness (QED) is 0.789. The Balaban J connectivity index is 1.99. The maximum absolute atomic E-state index is 11.8. The maximum atomic E-state index is 11.8. The monoisotopic (exact) mass is 301 g/mol. The lowest BCUT2D eigenvalue weighted by Crippen LogP contribution is -2.21. The van der Waals surface area contributed by atoms with Crippen LogP contribution in [0.25, 0.3) is 0 Å². The minimum absolute atomic E-state index is 0.0296. The summed E-state index contributed by atoms with van der Waals surface area (Å²) in [5.41, 5.74) is 1.91. The number of hydrogen-bond donors (Lipinski definition) is 0. The van der Waals surface area contributed by atoms with Gasteiger partial charge in [0.05, 0.1) is 7.11 Å². The van der Waals surface area contributed by atoms with Crippen molar-refractivity contribution in [2.45, 2.75) is 10.6 Å².